The lowest BCUT2D eigenvalue weighted by molar-refractivity contribution is 0.410. The molecule has 1 aromatic carbocycles. The summed E-state index contributed by atoms with van der Waals surface area (Å²) >= 11 is 0. The highest BCUT2D eigenvalue weighted by Gasteiger charge is 2.19. The van der Waals surface area contributed by atoms with E-state index in [0.717, 1.165) is 12.1 Å². The van der Waals surface area contributed by atoms with Crippen LogP contribution in [0.15, 0.2) is 43.4 Å². The van der Waals surface area contributed by atoms with Gasteiger partial charge in [-0.05, 0) is 24.3 Å². The first-order valence-corrected chi connectivity index (χ1v) is 6.36. The van der Waals surface area contributed by atoms with Crippen LogP contribution in [0.3, 0.4) is 0 Å². The molecule has 0 unspecified atom stereocenters. The summed E-state index contributed by atoms with van der Waals surface area (Å²) < 4.78 is 10.2. The summed E-state index contributed by atoms with van der Waals surface area (Å²) in [5.41, 5.74) is -2.74. The molecule has 0 fully saturated rings. The highest BCUT2D eigenvalue weighted by Crippen LogP contribution is 2.28. The molecule has 0 aliphatic heterocycles. The molecule has 0 radical (unpaired) electrons. The minimum atomic E-state index is -0.706. The van der Waals surface area contributed by atoms with Gasteiger partial charge < -0.3 is 9.47 Å². The van der Waals surface area contributed by atoms with Crippen LogP contribution in [0.5, 0.6) is 11.5 Å². The van der Waals surface area contributed by atoms with Gasteiger partial charge in [0, 0.05) is 0 Å². The van der Waals surface area contributed by atoms with Gasteiger partial charge in [-0.2, -0.15) is 0 Å². The molecular formula is C16H10O6. The highest BCUT2D eigenvalue weighted by molar-refractivity contribution is 5.93. The van der Waals surface area contributed by atoms with Crippen molar-refractivity contribution in [2.45, 2.75) is 0 Å². The molecule has 22 heavy (non-hydrogen) atoms. The van der Waals surface area contributed by atoms with Crippen LogP contribution in [0.25, 0.3) is 10.8 Å². The largest absolute Gasteiger partial charge is 0.496 e. The third-order valence-corrected chi connectivity index (χ3v) is 3.61. The Balaban J connectivity index is 2.92. The number of rotatable bonds is 2. The van der Waals surface area contributed by atoms with Crippen molar-refractivity contribution < 1.29 is 9.47 Å². The molecule has 0 spiro atoms. The topological polar surface area (TPSA) is 86.7 Å². The first-order chi connectivity index (χ1) is 10.5. The van der Waals surface area contributed by atoms with Crippen LogP contribution >= 0.6 is 0 Å². The summed E-state index contributed by atoms with van der Waals surface area (Å²) in [5, 5.41) is -0.919. The van der Waals surface area contributed by atoms with E-state index in [-0.39, 0.29) is 22.3 Å². The van der Waals surface area contributed by atoms with Gasteiger partial charge in [0.1, 0.15) is 11.5 Å². The van der Waals surface area contributed by atoms with Gasteiger partial charge >= 0.3 is 0 Å². The zero-order valence-corrected chi connectivity index (χ0v) is 11.8. The lowest BCUT2D eigenvalue weighted by Gasteiger charge is -2.08. The second-order valence-electron chi connectivity index (χ2n) is 4.69. The molecule has 2 aliphatic rings. The van der Waals surface area contributed by atoms with E-state index in [4.69, 9.17) is 9.47 Å². The lowest BCUT2D eigenvalue weighted by Crippen LogP contribution is -2.28. The summed E-state index contributed by atoms with van der Waals surface area (Å²) in [4.78, 5) is 49.2. The minimum Gasteiger partial charge on any atom is -0.496 e. The van der Waals surface area contributed by atoms with Gasteiger partial charge in [0.2, 0.25) is 10.9 Å². The maximum atomic E-state index is 12.6. The summed E-state index contributed by atoms with van der Waals surface area (Å²) in [6, 6.07) is 4.92. The Morgan fingerprint density at radius 2 is 1.00 bits per heavy atom. The van der Waals surface area contributed by atoms with Crippen molar-refractivity contribution in [3.63, 3.8) is 0 Å². The molecule has 2 aliphatic carbocycles. The summed E-state index contributed by atoms with van der Waals surface area (Å²) in [6.07, 6.45) is 0. The fourth-order valence-corrected chi connectivity index (χ4v) is 2.62. The van der Waals surface area contributed by atoms with Crippen molar-refractivity contribution >= 4 is 10.8 Å². The molecule has 0 atom stereocenters. The van der Waals surface area contributed by atoms with E-state index in [0.29, 0.717) is 0 Å². The van der Waals surface area contributed by atoms with E-state index in [1.807, 2.05) is 0 Å². The Labute approximate surface area is 122 Å². The summed E-state index contributed by atoms with van der Waals surface area (Å²) in [6.45, 7) is 0. The number of ether oxygens (including phenoxy) is 2. The predicted molar refractivity (Wildman–Crippen MR) is 79.8 cm³/mol. The molecule has 0 N–H and O–H groups in total. The Morgan fingerprint density at radius 3 is 1.32 bits per heavy atom. The Hall–Kier alpha value is -3.02. The molecule has 110 valence electrons. The molecule has 1 aromatic rings. The number of methoxy groups -OCH3 is 2. The smallest absolute Gasteiger partial charge is 0.202 e. The van der Waals surface area contributed by atoms with Gasteiger partial charge in [0.15, 0.2) is 10.9 Å². The minimum absolute atomic E-state index is 0.0537. The molecule has 0 saturated carbocycles. The molecule has 0 heterocycles. The fourth-order valence-electron chi connectivity index (χ4n) is 2.62. The van der Waals surface area contributed by atoms with E-state index in [2.05, 4.69) is 0 Å². The van der Waals surface area contributed by atoms with E-state index in [1.54, 1.807) is 0 Å². The molecule has 0 amide bonds. The van der Waals surface area contributed by atoms with Crippen LogP contribution in [-0.2, 0) is 0 Å². The predicted octanol–water partition coefficient (Wildman–Crippen LogP) is -0.102. The molecular weight excluding hydrogens is 288 g/mol. The Kier molecular flexibility index (Phi) is 3.02. The quantitative estimate of drug-likeness (QED) is 0.656. The second kappa shape index (κ2) is 4.77. The van der Waals surface area contributed by atoms with Crippen molar-refractivity contribution in [1.29, 1.82) is 0 Å². The zero-order chi connectivity index (χ0) is 16.0. The standard InChI is InChI=1S/C16H10O6/c1-21-9-5-6-10(22-2)14-13(9)15(19)11-7(17)3-4-8(18)12(11)16(14)20/h3-6H,1-2H3. The average molecular weight is 298 g/mol. The van der Waals surface area contributed by atoms with E-state index < -0.39 is 32.2 Å². The third kappa shape index (κ3) is 1.67. The normalized spacial score (nSPS) is 11.0. The van der Waals surface area contributed by atoms with E-state index >= 15 is 0 Å². The summed E-state index contributed by atoms with van der Waals surface area (Å²) in [5.74, 6) is 0.297. The number of hydrogen-bond acceptors (Lipinski definition) is 6. The summed E-state index contributed by atoms with van der Waals surface area (Å²) in [7, 11) is 2.69. The second-order valence-corrected chi connectivity index (χ2v) is 4.69. The van der Waals surface area contributed by atoms with Gasteiger partial charge in [-0.25, -0.2) is 0 Å². The Bertz CT molecular complexity index is 1080. The first kappa shape index (κ1) is 13.9. The van der Waals surface area contributed by atoms with Crippen LogP contribution < -0.4 is 31.2 Å². The number of fused-ring (bicyclic) bond motifs is 1. The molecule has 6 heteroatoms. The molecule has 6 nitrogen and oxygen atoms in total. The molecule has 0 bridgehead atoms. The molecule has 0 saturated heterocycles. The van der Waals surface area contributed by atoms with E-state index in [9.17, 15) is 19.2 Å². The number of hydrogen-bond donors (Lipinski definition) is 0. The van der Waals surface area contributed by atoms with Crippen LogP contribution in [0, 0.1) is 10.4 Å². The molecule has 0 aromatic heterocycles. The van der Waals surface area contributed by atoms with E-state index in [1.165, 1.54) is 26.4 Å². The van der Waals surface area contributed by atoms with Crippen LogP contribution in [0.1, 0.15) is 0 Å². The van der Waals surface area contributed by atoms with Crippen LogP contribution in [-0.4, -0.2) is 14.2 Å². The third-order valence-electron chi connectivity index (χ3n) is 3.61. The SMILES string of the molecule is COc1ccc(OC)c2c(=O)c3c(=O)ccc(=O)c=3c(=O)c12. The van der Waals surface area contributed by atoms with Gasteiger partial charge in [-0.15, -0.1) is 0 Å². The van der Waals surface area contributed by atoms with Crippen LogP contribution in [0.2, 0.25) is 0 Å². The Morgan fingerprint density at radius 1 is 0.636 bits per heavy atom. The maximum Gasteiger partial charge on any atom is 0.202 e. The monoisotopic (exact) mass is 298 g/mol. The van der Waals surface area contributed by atoms with Crippen molar-refractivity contribution in [1.82, 2.24) is 0 Å². The van der Waals surface area contributed by atoms with Crippen molar-refractivity contribution in [3.05, 3.63) is 75.6 Å². The van der Waals surface area contributed by atoms with Gasteiger partial charge in [0.25, 0.3) is 0 Å². The maximum absolute atomic E-state index is 12.6. The average Bonchev–Trinajstić information content (AvgIpc) is 2.53. The number of benzene rings is 1. The highest BCUT2D eigenvalue weighted by atomic mass is 16.5. The van der Waals surface area contributed by atoms with Crippen molar-refractivity contribution in [2.75, 3.05) is 14.2 Å². The van der Waals surface area contributed by atoms with Crippen LogP contribution in [0.4, 0.5) is 0 Å². The van der Waals surface area contributed by atoms with Crippen molar-refractivity contribution in [2.24, 2.45) is 0 Å². The molecule has 3 rings (SSSR count). The first-order valence-electron chi connectivity index (χ1n) is 6.36. The van der Waals surface area contributed by atoms with Gasteiger partial charge in [0.05, 0.1) is 35.4 Å². The lowest BCUT2D eigenvalue weighted by atomic mass is 10.0. The fraction of sp³-hybridized carbons (Fsp3) is 0.125. The van der Waals surface area contributed by atoms with Gasteiger partial charge in [-0.1, -0.05) is 0 Å². The van der Waals surface area contributed by atoms with Crippen molar-refractivity contribution in [3.8, 4) is 11.5 Å². The zero-order valence-electron chi connectivity index (χ0n) is 11.8. The van der Waals surface area contributed by atoms with Gasteiger partial charge in [-0.3, -0.25) is 19.2 Å².